The molecule has 2 aromatic rings. The van der Waals surface area contributed by atoms with Crippen LogP contribution < -0.4 is 5.32 Å². The third kappa shape index (κ3) is 5.71. The molecule has 7 heteroatoms. The van der Waals surface area contributed by atoms with Crippen LogP contribution in [0.2, 0.25) is 0 Å². The molecule has 2 rings (SSSR count). The molecule has 0 aromatic heterocycles. The van der Waals surface area contributed by atoms with Gasteiger partial charge in [0.1, 0.15) is 0 Å². The highest BCUT2D eigenvalue weighted by Gasteiger charge is 2.20. The normalized spacial score (nSPS) is 11.1. The van der Waals surface area contributed by atoms with Gasteiger partial charge in [-0.3, -0.25) is 4.79 Å². The van der Waals surface area contributed by atoms with E-state index in [1.54, 1.807) is 18.2 Å². The third-order valence-corrected chi connectivity index (χ3v) is 4.74. The van der Waals surface area contributed by atoms with Crippen LogP contribution >= 0.6 is 0 Å². The van der Waals surface area contributed by atoms with Gasteiger partial charge in [-0.2, -0.15) is 9.57 Å². The molecule has 0 atom stereocenters. The van der Waals surface area contributed by atoms with Crippen LogP contribution in [0.25, 0.3) is 0 Å². The van der Waals surface area contributed by atoms with Gasteiger partial charge >= 0.3 is 0 Å². The lowest BCUT2D eigenvalue weighted by molar-refractivity contribution is -0.116. The van der Waals surface area contributed by atoms with Gasteiger partial charge in [0.05, 0.1) is 24.4 Å². The number of benzene rings is 2. The maximum Gasteiger partial charge on any atom is 0.239 e. The van der Waals surface area contributed by atoms with Crippen LogP contribution in [0.5, 0.6) is 0 Å². The van der Waals surface area contributed by atoms with E-state index in [2.05, 4.69) is 5.32 Å². The van der Waals surface area contributed by atoms with Crippen molar-refractivity contribution in [3.8, 4) is 6.07 Å². The van der Waals surface area contributed by atoms with Crippen LogP contribution in [0, 0.1) is 18.3 Å². The molecule has 0 aliphatic heterocycles. The number of sulfonamides is 1. The fraction of sp³-hybridized carbons (Fsp3) is 0.222. The SMILES string of the molecule is Cc1ccc(CN(CC(=O)Nc2cccc(C#N)c2)S(C)(=O)=O)cc1. The van der Waals surface area contributed by atoms with Gasteiger partial charge in [-0.15, -0.1) is 0 Å². The number of hydrogen-bond donors (Lipinski definition) is 1. The Hall–Kier alpha value is -2.69. The third-order valence-electron chi connectivity index (χ3n) is 3.54. The number of rotatable bonds is 6. The van der Waals surface area contributed by atoms with Crippen molar-refractivity contribution >= 4 is 21.6 Å². The molecule has 25 heavy (non-hydrogen) atoms. The molecule has 0 aliphatic rings. The number of carbonyl (C=O) groups is 1. The van der Waals surface area contributed by atoms with Crippen LogP contribution in [0.4, 0.5) is 5.69 Å². The number of aryl methyl sites for hydroxylation is 1. The molecule has 0 bridgehead atoms. The highest BCUT2D eigenvalue weighted by atomic mass is 32.2. The Balaban J connectivity index is 2.10. The summed E-state index contributed by atoms with van der Waals surface area (Å²) < 4.78 is 25.1. The van der Waals surface area contributed by atoms with Crippen molar-refractivity contribution in [2.24, 2.45) is 0 Å². The van der Waals surface area contributed by atoms with Gasteiger partial charge < -0.3 is 5.32 Å². The lowest BCUT2D eigenvalue weighted by Crippen LogP contribution is -2.36. The van der Waals surface area contributed by atoms with Crippen molar-refractivity contribution in [1.29, 1.82) is 5.26 Å². The molecule has 0 saturated carbocycles. The molecule has 1 N–H and O–H groups in total. The lowest BCUT2D eigenvalue weighted by Gasteiger charge is -2.19. The molecule has 6 nitrogen and oxygen atoms in total. The highest BCUT2D eigenvalue weighted by Crippen LogP contribution is 2.12. The first-order valence-corrected chi connectivity index (χ1v) is 9.43. The van der Waals surface area contributed by atoms with Crippen molar-refractivity contribution in [1.82, 2.24) is 4.31 Å². The maximum absolute atomic E-state index is 12.2. The fourth-order valence-electron chi connectivity index (χ4n) is 2.21. The molecule has 0 heterocycles. The maximum atomic E-state index is 12.2. The summed E-state index contributed by atoms with van der Waals surface area (Å²) in [6, 6.07) is 15.9. The van der Waals surface area contributed by atoms with Crippen molar-refractivity contribution in [3.63, 3.8) is 0 Å². The zero-order valence-corrected chi connectivity index (χ0v) is 14.9. The fourth-order valence-corrected chi connectivity index (χ4v) is 2.95. The summed E-state index contributed by atoms with van der Waals surface area (Å²) in [5.74, 6) is -0.465. The molecular weight excluding hydrogens is 338 g/mol. The van der Waals surface area contributed by atoms with E-state index >= 15 is 0 Å². The Morgan fingerprint density at radius 3 is 2.48 bits per heavy atom. The molecule has 130 valence electrons. The van der Waals surface area contributed by atoms with E-state index in [9.17, 15) is 13.2 Å². The molecule has 0 unspecified atom stereocenters. The zero-order chi connectivity index (χ0) is 18.4. The molecule has 0 radical (unpaired) electrons. The van der Waals surface area contributed by atoms with Crippen molar-refractivity contribution in [2.45, 2.75) is 13.5 Å². The summed E-state index contributed by atoms with van der Waals surface area (Å²) in [4.78, 5) is 12.2. The van der Waals surface area contributed by atoms with Crippen molar-refractivity contribution in [2.75, 3.05) is 18.1 Å². The monoisotopic (exact) mass is 357 g/mol. The first-order chi connectivity index (χ1) is 11.8. The number of nitriles is 1. The Labute approximate surface area is 147 Å². The molecule has 1 amide bonds. The van der Waals surface area contributed by atoms with E-state index in [-0.39, 0.29) is 13.1 Å². The topological polar surface area (TPSA) is 90.3 Å². The van der Waals surface area contributed by atoms with Gasteiger partial charge in [0.15, 0.2) is 0 Å². The van der Waals surface area contributed by atoms with E-state index in [1.165, 1.54) is 6.07 Å². The largest absolute Gasteiger partial charge is 0.325 e. The quantitative estimate of drug-likeness (QED) is 0.859. The van der Waals surface area contributed by atoms with Crippen molar-refractivity contribution < 1.29 is 13.2 Å². The van der Waals surface area contributed by atoms with Crippen LogP contribution in [-0.4, -0.2) is 31.4 Å². The number of anilines is 1. The number of hydrogen-bond acceptors (Lipinski definition) is 4. The Morgan fingerprint density at radius 1 is 1.20 bits per heavy atom. The summed E-state index contributed by atoms with van der Waals surface area (Å²) in [7, 11) is -3.55. The van der Waals surface area contributed by atoms with Crippen LogP contribution in [0.1, 0.15) is 16.7 Å². The van der Waals surface area contributed by atoms with Crippen LogP contribution in [0.3, 0.4) is 0 Å². The molecule has 0 fully saturated rings. The summed E-state index contributed by atoms with van der Waals surface area (Å²) in [5, 5.41) is 11.5. The van der Waals surface area contributed by atoms with Gasteiger partial charge in [0, 0.05) is 12.2 Å². The number of nitrogens with one attached hydrogen (secondary N) is 1. The van der Waals surface area contributed by atoms with E-state index in [1.807, 2.05) is 37.3 Å². The van der Waals surface area contributed by atoms with E-state index in [0.717, 1.165) is 21.7 Å². The smallest absolute Gasteiger partial charge is 0.239 e. The predicted octanol–water partition coefficient (Wildman–Crippen LogP) is 2.27. The summed E-state index contributed by atoms with van der Waals surface area (Å²) >= 11 is 0. The number of carbonyl (C=O) groups excluding carboxylic acids is 1. The summed E-state index contributed by atoms with van der Waals surface area (Å²) in [6.07, 6.45) is 1.07. The van der Waals surface area contributed by atoms with E-state index < -0.39 is 15.9 Å². The molecule has 0 saturated heterocycles. The molecule has 2 aromatic carbocycles. The number of nitrogens with zero attached hydrogens (tertiary/aromatic N) is 2. The van der Waals surface area contributed by atoms with E-state index in [0.29, 0.717) is 11.3 Å². The predicted molar refractivity (Wildman–Crippen MR) is 96.2 cm³/mol. The Bertz CT molecular complexity index is 900. The standard InChI is InChI=1S/C18H19N3O3S/c1-14-6-8-15(9-7-14)12-21(25(2,23)24)13-18(22)20-17-5-3-4-16(10-17)11-19/h3-10H,12-13H2,1-2H3,(H,20,22). The summed E-state index contributed by atoms with van der Waals surface area (Å²) in [5.41, 5.74) is 2.74. The van der Waals surface area contributed by atoms with Crippen LogP contribution in [-0.2, 0) is 21.4 Å². The summed E-state index contributed by atoms with van der Waals surface area (Å²) in [6.45, 7) is 1.76. The molecule has 0 spiro atoms. The molecule has 0 aliphatic carbocycles. The van der Waals surface area contributed by atoms with Gasteiger partial charge in [0.25, 0.3) is 0 Å². The van der Waals surface area contributed by atoms with Crippen molar-refractivity contribution in [3.05, 3.63) is 65.2 Å². The number of amides is 1. The first kappa shape index (κ1) is 18.6. The average molecular weight is 357 g/mol. The Morgan fingerprint density at radius 2 is 1.88 bits per heavy atom. The second-order valence-corrected chi connectivity index (χ2v) is 7.74. The minimum Gasteiger partial charge on any atom is -0.325 e. The minimum absolute atomic E-state index is 0.116. The highest BCUT2D eigenvalue weighted by molar-refractivity contribution is 7.88. The zero-order valence-electron chi connectivity index (χ0n) is 14.1. The second kappa shape index (κ2) is 7.92. The van der Waals surface area contributed by atoms with Gasteiger partial charge in [-0.05, 0) is 30.7 Å². The van der Waals surface area contributed by atoms with Crippen LogP contribution in [0.15, 0.2) is 48.5 Å². The van der Waals surface area contributed by atoms with E-state index in [4.69, 9.17) is 5.26 Å². The molecular formula is C18H19N3O3S. The van der Waals surface area contributed by atoms with Gasteiger partial charge in [-0.1, -0.05) is 35.9 Å². The van der Waals surface area contributed by atoms with Gasteiger partial charge in [-0.25, -0.2) is 8.42 Å². The first-order valence-electron chi connectivity index (χ1n) is 7.58. The second-order valence-electron chi connectivity index (χ2n) is 5.76. The lowest BCUT2D eigenvalue weighted by atomic mass is 10.1. The minimum atomic E-state index is -3.55. The Kier molecular flexibility index (Phi) is 5.91. The van der Waals surface area contributed by atoms with Gasteiger partial charge in [0.2, 0.25) is 15.9 Å². The average Bonchev–Trinajstić information content (AvgIpc) is 2.55.